The topological polar surface area (TPSA) is 52.9 Å². The number of thiophene rings is 1. The van der Waals surface area contributed by atoms with Gasteiger partial charge in [-0.2, -0.15) is 49.2 Å². The van der Waals surface area contributed by atoms with Crippen LogP contribution in [-0.2, 0) is 17.6 Å². The Kier molecular flexibility index (Phi) is 5.85. The highest BCUT2D eigenvalue weighted by atomic mass is 32.1. The number of carbonyl (C=O) groups is 1. The number of nitrogens with zero attached hydrogens (tertiary/aromatic N) is 1. The van der Waals surface area contributed by atoms with E-state index in [1.165, 1.54) is 0 Å². The fraction of sp³-hybridized carbons (Fsp3) is 0.700. The molecule has 3 nitrogen and oxygen atoms in total. The summed E-state index contributed by atoms with van der Waals surface area (Å²) in [6.45, 7) is 5.67. The molecule has 2 aliphatic carbocycles. The van der Waals surface area contributed by atoms with Crippen molar-refractivity contribution >= 4 is 22.2 Å². The normalized spacial score (nSPS) is 27.4. The molecule has 0 spiro atoms. The Labute approximate surface area is 195 Å². The SMILES string of the molecule is CC(C)(C)[C@H]1CCc2c(sc(NC(=O)C3(F)C(F)(F)C(F)(F)C(F)(F)C(F)(F)C3(F)F)c2C#N)C1. The van der Waals surface area contributed by atoms with E-state index < -0.39 is 51.8 Å². The van der Waals surface area contributed by atoms with E-state index in [2.05, 4.69) is 0 Å². The summed E-state index contributed by atoms with van der Waals surface area (Å²) in [4.78, 5) is 12.6. The predicted octanol–water partition coefficient (Wildman–Crippen LogP) is 6.61. The number of anilines is 1. The largest absolute Gasteiger partial charge is 0.384 e. The number of halogens is 11. The third-order valence-corrected chi connectivity index (χ3v) is 7.75. The second-order valence-corrected chi connectivity index (χ2v) is 10.7. The summed E-state index contributed by atoms with van der Waals surface area (Å²) in [5, 5.41) is 9.67. The molecule has 0 saturated heterocycles. The highest BCUT2D eigenvalue weighted by Gasteiger charge is 3.02. The Balaban J connectivity index is 2.10. The lowest BCUT2D eigenvalue weighted by Gasteiger charge is -2.51. The molecule has 1 N–H and O–H groups in total. The van der Waals surface area contributed by atoms with Gasteiger partial charge in [-0.05, 0) is 36.2 Å². The van der Waals surface area contributed by atoms with Gasteiger partial charge in [0.05, 0.1) is 5.56 Å². The van der Waals surface area contributed by atoms with Gasteiger partial charge >= 0.3 is 35.3 Å². The third kappa shape index (κ3) is 3.16. The second kappa shape index (κ2) is 7.45. The number of nitriles is 1. The molecule has 3 rings (SSSR count). The first-order valence-electron chi connectivity index (χ1n) is 9.98. The smallest absolute Gasteiger partial charge is 0.313 e. The van der Waals surface area contributed by atoms with Crippen molar-refractivity contribution in [1.82, 2.24) is 0 Å². The van der Waals surface area contributed by atoms with Crippen molar-refractivity contribution in [3.05, 3.63) is 16.0 Å². The molecule has 1 aromatic heterocycles. The van der Waals surface area contributed by atoms with Crippen LogP contribution >= 0.6 is 11.3 Å². The standard InChI is InChI=1S/C20H17F11N2OS/c1-14(2,3)8-4-5-9-10(7-32)12(35-11(9)6-8)33-13(34)15(21)16(22,23)18(26,27)20(30,31)19(28,29)17(15,24)25/h8H,4-6H2,1-3H3,(H,33,34)/t8-/m0/s1. The first kappa shape index (κ1) is 27.5. The number of amides is 1. The second-order valence-electron chi connectivity index (χ2n) is 9.61. The van der Waals surface area contributed by atoms with Crippen molar-refractivity contribution in [2.24, 2.45) is 11.3 Å². The van der Waals surface area contributed by atoms with E-state index >= 15 is 0 Å². The molecular formula is C20H17F11N2OS. The Morgan fingerprint density at radius 1 is 0.914 bits per heavy atom. The van der Waals surface area contributed by atoms with Crippen LogP contribution in [0, 0.1) is 22.7 Å². The molecule has 0 unspecified atom stereocenters. The Morgan fingerprint density at radius 2 is 1.37 bits per heavy atom. The van der Waals surface area contributed by atoms with Crippen LogP contribution in [0.5, 0.6) is 0 Å². The van der Waals surface area contributed by atoms with E-state index in [0.29, 0.717) is 22.6 Å². The van der Waals surface area contributed by atoms with Gasteiger partial charge in [-0.15, -0.1) is 11.3 Å². The van der Waals surface area contributed by atoms with Crippen LogP contribution < -0.4 is 5.32 Å². The fourth-order valence-corrected chi connectivity index (χ4v) is 5.50. The number of carbonyl (C=O) groups excluding carboxylic acids is 1. The van der Waals surface area contributed by atoms with Crippen molar-refractivity contribution in [3.8, 4) is 6.07 Å². The maximum absolute atomic E-state index is 15.0. The summed E-state index contributed by atoms with van der Waals surface area (Å²) in [6, 6.07) is 1.55. The number of fused-ring (bicyclic) bond motifs is 1. The zero-order valence-electron chi connectivity index (χ0n) is 18.1. The fourth-order valence-electron chi connectivity index (χ4n) is 4.23. The number of alkyl halides is 11. The molecule has 0 aliphatic heterocycles. The van der Waals surface area contributed by atoms with Gasteiger partial charge in [-0.25, -0.2) is 4.39 Å². The summed E-state index contributed by atoms with van der Waals surface area (Å²) < 4.78 is 153. The summed E-state index contributed by atoms with van der Waals surface area (Å²) in [5.74, 6) is -40.1. The summed E-state index contributed by atoms with van der Waals surface area (Å²) in [7, 11) is 0. The van der Waals surface area contributed by atoms with Gasteiger partial charge in [-0.1, -0.05) is 20.8 Å². The lowest BCUT2D eigenvalue weighted by atomic mass is 9.71. The minimum Gasteiger partial charge on any atom is -0.313 e. The molecule has 0 bridgehead atoms. The minimum atomic E-state index is -7.41. The van der Waals surface area contributed by atoms with Gasteiger partial charge in [0.25, 0.3) is 5.91 Å². The van der Waals surface area contributed by atoms with Crippen molar-refractivity contribution in [3.63, 3.8) is 0 Å². The molecule has 1 aromatic rings. The molecule has 0 aromatic carbocycles. The van der Waals surface area contributed by atoms with Crippen LogP contribution in [0.25, 0.3) is 0 Å². The van der Waals surface area contributed by atoms with E-state index in [9.17, 15) is 58.4 Å². The van der Waals surface area contributed by atoms with E-state index in [1.807, 2.05) is 20.8 Å². The zero-order chi connectivity index (χ0) is 27.2. The van der Waals surface area contributed by atoms with Crippen molar-refractivity contribution in [2.45, 2.75) is 75.3 Å². The molecule has 196 valence electrons. The average molecular weight is 542 g/mol. The lowest BCUT2D eigenvalue weighted by Crippen LogP contribution is -2.86. The Hall–Kier alpha value is -2.11. The molecule has 1 amide bonds. The first-order valence-corrected chi connectivity index (χ1v) is 10.8. The van der Waals surface area contributed by atoms with Gasteiger partial charge in [0.15, 0.2) is 0 Å². The lowest BCUT2D eigenvalue weighted by molar-refractivity contribution is -0.475. The van der Waals surface area contributed by atoms with Crippen molar-refractivity contribution in [2.75, 3.05) is 5.32 Å². The molecule has 1 fully saturated rings. The molecule has 2 aliphatic rings. The molecule has 1 atom stereocenters. The summed E-state index contributed by atoms with van der Waals surface area (Å²) in [6.07, 6.45) is 0.970. The van der Waals surface area contributed by atoms with Crippen LogP contribution in [-0.4, -0.2) is 41.2 Å². The third-order valence-electron chi connectivity index (χ3n) is 6.58. The number of hydrogen-bond acceptors (Lipinski definition) is 3. The first-order chi connectivity index (χ1) is 15.5. The van der Waals surface area contributed by atoms with E-state index in [4.69, 9.17) is 0 Å². The van der Waals surface area contributed by atoms with Crippen LogP contribution in [0.4, 0.5) is 53.3 Å². The zero-order valence-corrected chi connectivity index (χ0v) is 18.9. The number of rotatable bonds is 2. The molecule has 1 saturated carbocycles. The minimum absolute atomic E-state index is 0.00267. The predicted molar refractivity (Wildman–Crippen MR) is 101 cm³/mol. The molecule has 0 radical (unpaired) electrons. The van der Waals surface area contributed by atoms with Gasteiger partial charge in [0.1, 0.15) is 11.1 Å². The van der Waals surface area contributed by atoms with Crippen LogP contribution in [0.3, 0.4) is 0 Å². The van der Waals surface area contributed by atoms with E-state index in [0.717, 1.165) is 5.32 Å². The number of nitrogens with one attached hydrogen (secondary N) is 1. The van der Waals surface area contributed by atoms with Crippen molar-refractivity contribution < 1.29 is 53.1 Å². The number of hydrogen-bond donors (Lipinski definition) is 1. The quantitative estimate of drug-likeness (QED) is 0.428. The van der Waals surface area contributed by atoms with Gasteiger partial charge in [-0.3, -0.25) is 4.79 Å². The van der Waals surface area contributed by atoms with Gasteiger partial charge < -0.3 is 5.32 Å². The highest BCUT2D eigenvalue weighted by molar-refractivity contribution is 7.16. The molecular weight excluding hydrogens is 525 g/mol. The molecule has 35 heavy (non-hydrogen) atoms. The average Bonchev–Trinajstić information content (AvgIpc) is 3.06. The van der Waals surface area contributed by atoms with Crippen LogP contribution in [0.15, 0.2) is 0 Å². The monoisotopic (exact) mass is 542 g/mol. The Bertz CT molecular complexity index is 1070. The van der Waals surface area contributed by atoms with Gasteiger partial charge in [0.2, 0.25) is 0 Å². The molecule has 1 heterocycles. The Morgan fingerprint density at radius 3 is 1.80 bits per heavy atom. The maximum Gasteiger partial charge on any atom is 0.384 e. The summed E-state index contributed by atoms with van der Waals surface area (Å²) >= 11 is 0.463. The van der Waals surface area contributed by atoms with Crippen LogP contribution in [0.2, 0.25) is 0 Å². The summed E-state index contributed by atoms with van der Waals surface area (Å²) in [5.41, 5.74) is -7.29. The van der Waals surface area contributed by atoms with Crippen LogP contribution in [0.1, 0.15) is 43.2 Å². The van der Waals surface area contributed by atoms with E-state index in [-0.39, 0.29) is 29.7 Å². The molecule has 15 heteroatoms. The maximum atomic E-state index is 15.0. The van der Waals surface area contributed by atoms with Crippen molar-refractivity contribution in [1.29, 1.82) is 5.26 Å². The highest BCUT2D eigenvalue weighted by Crippen LogP contribution is 2.69. The van der Waals surface area contributed by atoms with Gasteiger partial charge in [0, 0.05) is 4.88 Å². The van der Waals surface area contributed by atoms with E-state index in [1.54, 1.807) is 6.07 Å².